The van der Waals surface area contributed by atoms with Crippen molar-refractivity contribution in [2.45, 2.75) is 6.10 Å². The van der Waals surface area contributed by atoms with Gasteiger partial charge in [-0.15, -0.1) is 0 Å². The summed E-state index contributed by atoms with van der Waals surface area (Å²) >= 11 is 0. The Morgan fingerprint density at radius 2 is 1.24 bits per heavy atom. The number of methoxy groups -OCH3 is 1. The molecule has 0 saturated heterocycles. The number of hydrazine groups is 2. The van der Waals surface area contributed by atoms with Gasteiger partial charge in [0.05, 0.1) is 26.4 Å². The highest BCUT2D eigenvalue weighted by molar-refractivity contribution is 5.94. The van der Waals surface area contributed by atoms with Crippen molar-refractivity contribution < 1.29 is 23.8 Å². The van der Waals surface area contributed by atoms with Gasteiger partial charge in [0.25, 0.3) is 11.8 Å². The molecule has 9 nitrogen and oxygen atoms in total. The number of carbonyl (C=O) groups is 2. The summed E-state index contributed by atoms with van der Waals surface area (Å²) in [7, 11) is 1.61. The zero-order valence-corrected chi connectivity index (χ0v) is 16.2. The molecule has 6 N–H and O–H groups in total. The lowest BCUT2D eigenvalue weighted by Crippen LogP contribution is -2.30. The van der Waals surface area contributed by atoms with Crippen LogP contribution in [-0.4, -0.2) is 45.4 Å². The monoisotopic (exact) mass is 402 g/mol. The van der Waals surface area contributed by atoms with Gasteiger partial charge in [0.1, 0.15) is 6.10 Å². The highest BCUT2D eigenvalue weighted by Crippen LogP contribution is 2.27. The lowest BCUT2D eigenvalue weighted by molar-refractivity contribution is 0.00522. The van der Waals surface area contributed by atoms with E-state index >= 15 is 0 Å². The van der Waals surface area contributed by atoms with Gasteiger partial charge in [0.2, 0.25) is 0 Å². The summed E-state index contributed by atoms with van der Waals surface area (Å²) < 4.78 is 16.4. The maximum atomic E-state index is 11.6. The molecule has 2 rings (SSSR count). The summed E-state index contributed by atoms with van der Waals surface area (Å²) in [5, 5.41) is 0. The smallest absolute Gasteiger partial charge is 0.265 e. The SMILES string of the molecule is COCCOCCOC(c1ccc(C(=O)NN)cc1)c1ccc(C(=O)NN)cc1. The third-order valence-corrected chi connectivity index (χ3v) is 4.16. The van der Waals surface area contributed by atoms with E-state index in [0.29, 0.717) is 37.6 Å². The third kappa shape index (κ3) is 6.63. The van der Waals surface area contributed by atoms with Crippen LogP contribution in [0.4, 0.5) is 0 Å². The quantitative estimate of drug-likeness (QED) is 0.187. The lowest BCUT2D eigenvalue weighted by atomic mass is 9.99. The Bertz CT molecular complexity index is 721. The molecule has 2 amide bonds. The van der Waals surface area contributed by atoms with Crippen molar-refractivity contribution >= 4 is 11.8 Å². The number of amides is 2. The van der Waals surface area contributed by atoms with E-state index in [-0.39, 0.29) is 11.8 Å². The number of hydrogen-bond donors (Lipinski definition) is 4. The van der Waals surface area contributed by atoms with Crippen LogP contribution < -0.4 is 22.5 Å². The standard InChI is InChI=1S/C20H26N4O5/c1-27-10-11-28-12-13-29-18(14-2-6-16(7-3-14)19(25)23-21)15-4-8-17(9-5-15)20(26)24-22/h2-9,18H,10-13,21-22H2,1H3,(H,23,25)(H,24,26). The fraction of sp³-hybridized carbons (Fsp3) is 0.300. The Kier molecular flexibility index (Phi) is 9.22. The molecule has 156 valence electrons. The summed E-state index contributed by atoms with van der Waals surface area (Å²) in [4.78, 5) is 23.3. The van der Waals surface area contributed by atoms with Crippen molar-refractivity contribution in [1.29, 1.82) is 0 Å². The first-order valence-electron chi connectivity index (χ1n) is 9.00. The van der Waals surface area contributed by atoms with Gasteiger partial charge in [0.15, 0.2) is 0 Å². The van der Waals surface area contributed by atoms with E-state index in [4.69, 9.17) is 25.9 Å². The number of nitrogen functional groups attached to an aromatic ring is 2. The van der Waals surface area contributed by atoms with Gasteiger partial charge < -0.3 is 14.2 Å². The predicted molar refractivity (Wildman–Crippen MR) is 107 cm³/mol. The minimum atomic E-state index is -0.411. The van der Waals surface area contributed by atoms with Gasteiger partial charge in [-0.2, -0.15) is 0 Å². The Morgan fingerprint density at radius 3 is 1.66 bits per heavy atom. The normalized spacial score (nSPS) is 10.8. The van der Waals surface area contributed by atoms with Crippen molar-refractivity contribution in [1.82, 2.24) is 10.9 Å². The molecular weight excluding hydrogens is 376 g/mol. The van der Waals surface area contributed by atoms with E-state index < -0.39 is 6.10 Å². The number of nitrogens with one attached hydrogen (secondary N) is 2. The van der Waals surface area contributed by atoms with Gasteiger partial charge in [-0.25, -0.2) is 11.7 Å². The molecule has 9 heteroatoms. The summed E-state index contributed by atoms with van der Waals surface area (Å²) in [5.74, 6) is 9.59. The molecule has 0 fully saturated rings. The molecule has 0 radical (unpaired) electrons. The second-order valence-electron chi connectivity index (χ2n) is 6.05. The van der Waals surface area contributed by atoms with Crippen LogP contribution in [0.5, 0.6) is 0 Å². The van der Waals surface area contributed by atoms with Gasteiger partial charge in [0, 0.05) is 18.2 Å². The van der Waals surface area contributed by atoms with Crippen LogP contribution in [0, 0.1) is 0 Å². The van der Waals surface area contributed by atoms with Crippen molar-refractivity contribution in [2.75, 3.05) is 33.5 Å². The Balaban J connectivity index is 2.16. The third-order valence-electron chi connectivity index (χ3n) is 4.16. The molecule has 0 unspecified atom stereocenters. The van der Waals surface area contributed by atoms with E-state index in [0.717, 1.165) is 11.1 Å². The molecule has 0 bridgehead atoms. The molecule has 0 heterocycles. The average molecular weight is 402 g/mol. The van der Waals surface area contributed by atoms with E-state index in [9.17, 15) is 9.59 Å². The molecular formula is C20H26N4O5. The van der Waals surface area contributed by atoms with Crippen LogP contribution in [-0.2, 0) is 14.2 Å². The summed E-state index contributed by atoms with van der Waals surface area (Å²) in [6.07, 6.45) is -0.411. The van der Waals surface area contributed by atoms with E-state index in [1.807, 2.05) is 0 Å². The zero-order chi connectivity index (χ0) is 21.1. The average Bonchev–Trinajstić information content (AvgIpc) is 2.78. The Morgan fingerprint density at radius 1 is 0.793 bits per heavy atom. The highest BCUT2D eigenvalue weighted by atomic mass is 16.5. The summed E-state index contributed by atoms with van der Waals surface area (Å²) in [6.45, 7) is 1.75. The second-order valence-corrected chi connectivity index (χ2v) is 6.05. The fourth-order valence-corrected chi connectivity index (χ4v) is 2.64. The lowest BCUT2D eigenvalue weighted by Gasteiger charge is -2.20. The van der Waals surface area contributed by atoms with E-state index in [1.165, 1.54) is 0 Å². The van der Waals surface area contributed by atoms with Gasteiger partial charge in [-0.05, 0) is 35.4 Å². The van der Waals surface area contributed by atoms with Gasteiger partial charge in [-0.3, -0.25) is 20.4 Å². The molecule has 29 heavy (non-hydrogen) atoms. The summed E-state index contributed by atoms with van der Waals surface area (Å²) in [6, 6.07) is 13.8. The first-order valence-corrected chi connectivity index (χ1v) is 9.00. The number of ether oxygens (including phenoxy) is 3. The molecule has 0 aromatic heterocycles. The van der Waals surface area contributed by atoms with Crippen LogP contribution in [0.15, 0.2) is 48.5 Å². The van der Waals surface area contributed by atoms with Crippen molar-refractivity contribution in [3.8, 4) is 0 Å². The highest BCUT2D eigenvalue weighted by Gasteiger charge is 2.16. The number of benzene rings is 2. The maximum Gasteiger partial charge on any atom is 0.265 e. The Labute approximate surface area is 169 Å². The van der Waals surface area contributed by atoms with E-state index in [2.05, 4.69) is 10.9 Å². The zero-order valence-electron chi connectivity index (χ0n) is 16.2. The summed E-state index contributed by atoms with van der Waals surface area (Å²) in [5.41, 5.74) is 6.75. The van der Waals surface area contributed by atoms with E-state index in [1.54, 1.807) is 55.6 Å². The molecule has 0 atom stereocenters. The molecule has 0 spiro atoms. The van der Waals surface area contributed by atoms with Crippen LogP contribution >= 0.6 is 0 Å². The molecule has 0 aliphatic heterocycles. The van der Waals surface area contributed by atoms with Crippen LogP contribution in [0.3, 0.4) is 0 Å². The minimum absolute atomic E-state index is 0.352. The molecule has 0 saturated carbocycles. The number of rotatable bonds is 11. The molecule has 0 aliphatic carbocycles. The first-order chi connectivity index (χ1) is 14.1. The largest absolute Gasteiger partial charge is 0.382 e. The number of nitrogens with two attached hydrogens (primary N) is 2. The molecule has 2 aromatic rings. The maximum absolute atomic E-state index is 11.6. The second kappa shape index (κ2) is 11.9. The van der Waals surface area contributed by atoms with Crippen LogP contribution in [0.25, 0.3) is 0 Å². The Hall–Kier alpha value is -2.82. The van der Waals surface area contributed by atoms with Gasteiger partial charge >= 0.3 is 0 Å². The van der Waals surface area contributed by atoms with Crippen molar-refractivity contribution in [3.05, 3.63) is 70.8 Å². The molecule has 2 aromatic carbocycles. The number of carbonyl (C=O) groups excluding carboxylic acids is 2. The van der Waals surface area contributed by atoms with Crippen molar-refractivity contribution in [2.24, 2.45) is 11.7 Å². The van der Waals surface area contributed by atoms with Crippen LogP contribution in [0.2, 0.25) is 0 Å². The van der Waals surface area contributed by atoms with Crippen LogP contribution in [0.1, 0.15) is 37.9 Å². The number of hydrogen-bond acceptors (Lipinski definition) is 7. The van der Waals surface area contributed by atoms with Gasteiger partial charge in [-0.1, -0.05) is 24.3 Å². The topological polar surface area (TPSA) is 138 Å². The minimum Gasteiger partial charge on any atom is -0.382 e. The first kappa shape index (κ1) is 22.5. The predicted octanol–water partition coefficient (Wildman–Crippen LogP) is 0.663. The van der Waals surface area contributed by atoms with Crippen molar-refractivity contribution in [3.63, 3.8) is 0 Å². The molecule has 0 aliphatic rings. The fourth-order valence-electron chi connectivity index (χ4n) is 2.64.